The SMILES string of the molecule is O=C(NC1Cc2ccccc2C1)C1=NN(c2ccccc2)C(=O)C1. The van der Waals surface area contributed by atoms with Gasteiger partial charge in [0.25, 0.3) is 11.8 Å². The first-order valence-corrected chi connectivity index (χ1v) is 8.04. The maximum atomic E-state index is 12.5. The monoisotopic (exact) mass is 319 g/mol. The Labute approximate surface area is 140 Å². The van der Waals surface area contributed by atoms with Gasteiger partial charge in [-0.2, -0.15) is 10.1 Å². The predicted molar refractivity (Wildman–Crippen MR) is 91.8 cm³/mol. The van der Waals surface area contributed by atoms with Crippen molar-refractivity contribution in [2.24, 2.45) is 5.10 Å². The van der Waals surface area contributed by atoms with E-state index in [1.807, 2.05) is 30.3 Å². The number of hydrazone groups is 1. The quantitative estimate of drug-likeness (QED) is 0.941. The Morgan fingerprint density at radius 2 is 1.62 bits per heavy atom. The first-order valence-electron chi connectivity index (χ1n) is 8.04. The molecule has 0 aromatic heterocycles. The molecule has 2 aromatic carbocycles. The Morgan fingerprint density at radius 3 is 2.29 bits per heavy atom. The maximum Gasteiger partial charge on any atom is 0.268 e. The molecule has 24 heavy (non-hydrogen) atoms. The molecule has 0 saturated carbocycles. The second-order valence-corrected chi connectivity index (χ2v) is 6.11. The van der Waals surface area contributed by atoms with E-state index in [1.165, 1.54) is 16.1 Å². The zero-order valence-electron chi connectivity index (χ0n) is 13.1. The number of amides is 2. The van der Waals surface area contributed by atoms with Gasteiger partial charge in [-0.1, -0.05) is 42.5 Å². The summed E-state index contributed by atoms with van der Waals surface area (Å²) in [6, 6.07) is 17.4. The van der Waals surface area contributed by atoms with Gasteiger partial charge in [0.2, 0.25) is 0 Å². The predicted octanol–water partition coefficient (Wildman–Crippen LogP) is 2.06. The van der Waals surface area contributed by atoms with E-state index in [1.54, 1.807) is 12.1 Å². The van der Waals surface area contributed by atoms with E-state index < -0.39 is 0 Å². The first-order chi connectivity index (χ1) is 11.7. The van der Waals surface area contributed by atoms with Gasteiger partial charge in [0.1, 0.15) is 5.71 Å². The molecule has 1 aliphatic heterocycles. The molecule has 0 spiro atoms. The van der Waals surface area contributed by atoms with E-state index in [9.17, 15) is 9.59 Å². The molecule has 0 bridgehead atoms. The molecule has 120 valence electrons. The molecule has 0 radical (unpaired) electrons. The molecule has 5 nitrogen and oxygen atoms in total. The molecule has 1 heterocycles. The van der Waals surface area contributed by atoms with Crippen LogP contribution in [0.2, 0.25) is 0 Å². The summed E-state index contributed by atoms with van der Waals surface area (Å²) in [6.07, 6.45) is 1.69. The summed E-state index contributed by atoms with van der Waals surface area (Å²) in [4.78, 5) is 24.6. The van der Waals surface area contributed by atoms with Gasteiger partial charge in [-0.3, -0.25) is 9.59 Å². The van der Waals surface area contributed by atoms with E-state index in [0.717, 1.165) is 12.8 Å². The van der Waals surface area contributed by atoms with E-state index in [-0.39, 0.29) is 30.0 Å². The van der Waals surface area contributed by atoms with E-state index in [2.05, 4.69) is 22.6 Å². The van der Waals surface area contributed by atoms with Crippen LogP contribution in [0.3, 0.4) is 0 Å². The highest BCUT2D eigenvalue weighted by Gasteiger charge is 2.31. The van der Waals surface area contributed by atoms with Crippen LogP contribution in [0, 0.1) is 0 Å². The number of hydrogen-bond acceptors (Lipinski definition) is 3. The van der Waals surface area contributed by atoms with Gasteiger partial charge < -0.3 is 5.32 Å². The van der Waals surface area contributed by atoms with Crippen molar-refractivity contribution in [1.29, 1.82) is 0 Å². The van der Waals surface area contributed by atoms with Crippen LogP contribution in [-0.2, 0) is 22.4 Å². The zero-order chi connectivity index (χ0) is 16.5. The lowest BCUT2D eigenvalue weighted by atomic mass is 10.1. The van der Waals surface area contributed by atoms with Gasteiger partial charge in [0.15, 0.2) is 0 Å². The van der Waals surface area contributed by atoms with Gasteiger partial charge in [0, 0.05) is 6.04 Å². The minimum atomic E-state index is -0.250. The summed E-state index contributed by atoms with van der Waals surface area (Å²) in [5.74, 6) is -0.430. The van der Waals surface area contributed by atoms with E-state index >= 15 is 0 Å². The normalized spacial score (nSPS) is 16.9. The minimum Gasteiger partial charge on any atom is -0.348 e. The van der Waals surface area contributed by atoms with Crippen LogP contribution in [0.4, 0.5) is 5.69 Å². The molecule has 4 rings (SSSR count). The summed E-state index contributed by atoms with van der Waals surface area (Å²) in [7, 11) is 0. The van der Waals surface area contributed by atoms with Crippen molar-refractivity contribution in [3.05, 3.63) is 65.7 Å². The third-order valence-corrected chi connectivity index (χ3v) is 4.42. The topological polar surface area (TPSA) is 61.8 Å². The number of para-hydroxylation sites is 1. The highest BCUT2D eigenvalue weighted by atomic mass is 16.2. The fraction of sp³-hybridized carbons (Fsp3) is 0.211. The van der Waals surface area contributed by atoms with Crippen LogP contribution in [-0.4, -0.2) is 23.6 Å². The van der Waals surface area contributed by atoms with Gasteiger partial charge >= 0.3 is 0 Å². The average Bonchev–Trinajstić information content (AvgIpc) is 3.18. The number of carbonyl (C=O) groups excluding carboxylic acids is 2. The van der Waals surface area contributed by atoms with Crippen molar-refractivity contribution >= 4 is 23.2 Å². The van der Waals surface area contributed by atoms with Crippen LogP contribution in [0.25, 0.3) is 0 Å². The Balaban J connectivity index is 1.45. The summed E-state index contributed by atoms with van der Waals surface area (Å²) in [6.45, 7) is 0. The first kappa shape index (κ1) is 14.6. The lowest BCUT2D eigenvalue weighted by Crippen LogP contribution is -2.39. The van der Waals surface area contributed by atoms with Gasteiger partial charge in [-0.25, -0.2) is 0 Å². The lowest BCUT2D eigenvalue weighted by Gasteiger charge is -2.11. The molecule has 0 unspecified atom stereocenters. The van der Waals surface area contributed by atoms with Crippen LogP contribution < -0.4 is 10.3 Å². The van der Waals surface area contributed by atoms with Crippen molar-refractivity contribution in [3.8, 4) is 0 Å². The second-order valence-electron chi connectivity index (χ2n) is 6.11. The number of fused-ring (bicyclic) bond motifs is 1. The Bertz CT molecular complexity index is 805. The molecule has 1 N–H and O–H groups in total. The number of rotatable bonds is 3. The molecular formula is C19H17N3O2. The maximum absolute atomic E-state index is 12.5. The fourth-order valence-corrected chi connectivity index (χ4v) is 3.26. The molecule has 0 saturated heterocycles. The fourth-order valence-electron chi connectivity index (χ4n) is 3.26. The molecule has 0 atom stereocenters. The van der Waals surface area contributed by atoms with Crippen LogP contribution >= 0.6 is 0 Å². The van der Waals surface area contributed by atoms with Gasteiger partial charge in [0.05, 0.1) is 12.1 Å². The second kappa shape index (κ2) is 5.92. The molecule has 2 aliphatic rings. The molecule has 5 heteroatoms. The Kier molecular flexibility index (Phi) is 3.61. The molecule has 1 aliphatic carbocycles. The third-order valence-electron chi connectivity index (χ3n) is 4.42. The van der Waals surface area contributed by atoms with E-state index in [0.29, 0.717) is 5.69 Å². The number of hydrogen-bond donors (Lipinski definition) is 1. The molecule has 0 fully saturated rings. The summed E-state index contributed by atoms with van der Waals surface area (Å²) in [5.41, 5.74) is 3.51. The van der Waals surface area contributed by atoms with Crippen molar-refractivity contribution < 1.29 is 9.59 Å². The number of benzene rings is 2. The van der Waals surface area contributed by atoms with Gasteiger partial charge in [-0.15, -0.1) is 0 Å². The smallest absolute Gasteiger partial charge is 0.268 e. The molecule has 2 amide bonds. The highest BCUT2D eigenvalue weighted by Crippen LogP contribution is 2.23. The number of nitrogens with one attached hydrogen (secondary N) is 1. The standard InChI is InChI=1S/C19H17N3O2/c23-18-12-17(21-22(18)16-8-2-1-3-9-16)19(24)20-15-10-13-6-4-5-7-14(13)11-15/h1-9,15H,10-12H2,(H,20,24). The average molecular weight is 319 g/mol. The van der Waals surface area contributed by atoms with Crippen molar-refractivity contribution in [2.45, 2.75) is 25.3 Å². The minimum absolute atomic E-state index is 0.0421. The van der Waals surface area contributed by atoms with E-state index in [4.69, 9.17) is 0 Å². The summed E-state index contributed by atoms with van der Waals surface area (Å²) in [5, 5.41) is 8.53. The van der Waals surface area contributed by atoms with Crippen LogP contribution in [0.15, 0.2) is 59.7 Å². The number of nitrogens with zero attached hydrogens (tertiary/aromatic N) is 2. The Hall–Kier alpha value is -2.95. The largest absolute Gasteiger partial charge is 0.348 e. The molecular weight excluding hydrogens is 302 g/mol. The third kappa shape index (κ3) is 2.69. The number of anilines is 1. The summed E-state index contributed by atoms with van der Waals surface area (Å²) < 4.78 is 0. The lowest BCUT2D eigenvalue weighted by molar-refractivity contribution is -0.118. The van der Waals surface area contributed by atoms with Gasteiger partial charge in [-0.05, 0) is 36.1 Å². The highest BCUT2D eigenvalue weighted by molar-refractivity contribution is 6.44. The van der Waals surface area contributed by atoms with Crippen LogP contribution in [0.5, 0.6) is 0 Å². The van der Waals surface area contributed by atoms with Crippen molar-refractivity contribution in [1.82, 2.24) is 5.32 Å². The zero-order valence-corrected chi connectivity index (χ0v) is 13.1. The molecule has 2 aromatic rings. The van der Waals surface area contributed by atoms with Crippen molar-refractivity contribution in [2.75, 3.05) is 5.01 Å². The summed E-state index contributed by atoms with van der Waals surface area (Å²) >= 11 is 0. The van der Waals surface area contributed by atoms with Crippen LogP contribution in [0.1, 0.15) is 17.5 Å². The van der Waals surface area contributed by atoms with Crippen molar-refractivity contribution in [3.63, 3.8) is 0 Å². The number of carbonyl (C=O) groups is 2. The Morgan fingerprint density at radius 1 is 1.00 bits per heavy atom.